The molecule has 0 aliphatic rings. The Morgan fingerprint density at radius 3 is 1.50 bits per heavy atom. The molecule has 0 bridgehead atoms. The van der Waals surface area contributed by atoms with Crippen molar-refractivity contribution < 1.29 is 68.5 Å². The van der Waals surface area contributed by atoms with Crippen molar-refractivity contribution in [1.29, 1.82) is 0 Å². The molecule has 0 atom stereocenters. The minimum absolute atomic E-state index is 0. The van der Waals surface area contributed by atoms with Gasteiger partial charge in [-0.05, 0) is 0 Å². The molecule has 0 radical (unpaired) electrons. The van der Waals surface area contributed by atoms with Gasteiger partial charge in [0.1, 0.15) is 0 Å². The van der Waals surface area contributed by atoms with Gasteiger partial charge < -0.3 is 1.43 Å². The summed E-state index contributed by atoms with van der Waals surface area (Å²) >= 11 is 1.06. The average Bonchev–Trinajstić information content (AvgIpc) is 1.00. The second kappa shape index (κ2) is 20.8. The van der Waals surface area contributed by atoms with E-state index in [1.54, 1.807) is 0 Å². The molecule has 0 aromatic heterocycles. The first-order valence-electron chi connectivity index (χ1n) is 0.183. The molecule has 0 aromatic rings. The summed E-state index contributed by atoms with van der Waals surface area (Å²) in [5.41, 5.74) is 0. The van der Waals surface area contributed by atoms with Crippen LogP contribution in [0.1, 0.15) is 1.43 Å². The third-order valence-electron chi connectivity index (χ3n) is 0. The second-order valence-corrected chi connectivity index (χ2v) is 0. The first kappa shape index (κ1) is 16.9. The van der Waals surface area contributed by atoms with Crippen molar-refractivity contribution in [1.82, 2.24) is 0 Å². The van der Waals surface area contributed by atoms with E-state index >= 15 is 0 Å². The van der Waals surface area contributed by atoms with Crippen LogP contribution in [0, 0.1) is 0 Å². The molecule has 23 valence electrons. The monoisotopic (exact) mass is 149 g/mol. The van der Waals surface area contributed by atoms with Gasteiger partial charge >= 0.3 is 50.6 Å². The van der Waals surface area contributed by atoms with Crippen LogP contribution in [0.4, 0.5) is 0 Å². The second-order valence-electron chi connectivity index (χ2n) is 0. The topological polar surface area (TPSA) is 17.1 Å². The van der Waals surface area contributed by atoms with Gasteiger partial charge in [0, 0.05) is 16.5 Å². The molecule has 0 saturated heterocycles. The van der Waals surface area contributed by atoms with Gasteiger partial charge in [-0.1, -0.05) is 0 Å². The summed E-state index contributed by atoms with van der Waals surface area (Å²) in [4.78, 5) is 0. The Kier molecular flexibility index (Phi) is 87.8. The molecule has 0 aromatic carbocycles. The summed E-state index contributed by atoms with van der Waals surface area (Å²) in [5, 5.41) is 0. The molecular weight excluding hydrogens is 149 g/mol. The SMILES string of the molecule is [H-].[Na+].[Ni].[O]=[V]. The van der Waals surface area contributed by atoms with E-state index in [2.05, 4.69) is 0 Å². The summed E-state index contributed by atoms with van der Waals surface area (Å²) in [6, 6.07) is 0. The van der Waals surface area contributed by atoms with E-state index in [9.17, 15) is 0 Å². The van der Waals surface area contributed by atoms with Gasteiger partial charge in [-0.25, -0.2) is 0 Å². The fraction of sp³-hybridized carbons (Fsp3) is 0. The molecule has 0 fully saturated rings. The average molecular weight is 150 g/mol. The van der Waals surface area contributed by atoms with Crippen LogP contribution in [0.5, 0.6) is 0 Å². The van der Waals surface area contributed by atoms with Crippen molar-refractivity contribution in [3.05, 3.63) is 0 Å². The Hall–Kier alpha value is 1.88. The van der Waals surface area contributed by atoms with Gasteiger partial charge in [0.15, 0.2) is 0 Å². The minimum atomic E-state index is 0. The van der Waals surface area contributed by atoms with Crippen molar-refractivity contribution in [3.63, 3.8) is 0 Å². The number of hydrogen-bond acceptors (Lipinski definition) is 1. The maximum absolute atomic E-state index is 8.19. The fourth-order valence-electron chi connectivity index (χ4n) is 0. The molecule has 0 saturated carbocycles. The Balaban J connectivity index is -0.00000000167. The van der Waals surface area contributed by atoms with E-state index in [0.29, 0.717) is 0 Å². The van der Waals surface area contributed by atoms with Crippen LogP contribution in [0.25, 0.3) is 0 Å². The van der Waals surface area contributed by atoms with Crippen LogP contribution >= 0.6 is 0 Å². The van der Waals surface area contributed by atoms with E-state index in [0.717, 1.165) is 17.4 Å². The number of rotatable bonds is 0. The third kappa shape index (κ3) is 9.11. The molecule has 0 amide bonds. The first-order chi connectivity index (χ1) is 1.00. The normalized spacial score (nSPS) is 0.750. The van der Waals surface area contributed by atoms with Gasteiger partial charge in [0.25, 0.3) is 0 Å². The molecule has 0 heterocycles. The summed E-state index contributed by atoms with van der Waals surface area (Å²) in [6.07, 6.45) is 0. The standard InChI is InChI=1S/Na.Ni.O.V.H/q+1;;;;-1. The predicted octanol–water partition coefficient (Wildman–Crippen LogP) is -3.01. The van der Waals surface area contributed by atoms with Crippen LogP contribution in [0.15, 0.2) is 0 Å². The molecule has 0 unspecified atom stereocenters. The molecule has 0 aliphatic heterocycles. The quantitative estimate of drug-likeness (QED) is 0.336. The van der Waals surface area contributed by atoms with Gasteiger partial charge in [-0.15, -0.1) is 0 Å². The van der Waals surface area contributed by atoms with Crippen molar-refractivity contribution in [2.75, 3.05) is 0 Å². The van der Waals surface area contributed by atoms with Crippen LogP contribution in [-0.4, -0.2) is 0 Å². The molecule has 0 rings (SSSR count). The zero-order valence-corrected chi connectivity index (χ0v) is 6.56. The van der Waals surface area contributed by atoms with Gasteiger partial charge in [-0.3, -0.25) is 0 Å². The van der Waals surface area contributed by atoms with Crippen molar-refractivity contribution in [3.8, 4) is 0 Å². The fourth-order valence-corrected chi connectivity index (χ4v) is 0. The van der Waals surface area contributed by atoms with E-state index < -0.39 is 0 Å². The molecule has 1 nitrogen and oxygen atoms in total. The van der Waals surface area contributed by atoms with Crippen molar-refractivity contribution in [2.45, 2.75) is 0 Å². The van der Waals surface area contributed by atoms with Crippen molar-refractivity contribution >= 4 is 0 Å². The van der Waals surface area contributed by atoms with Gasteiger partial charge in [0.05, 0.1) is 0 Å². The third-order valence-corrected chi connectivity index (χ3v) is 0. The predicted molar refractivity (Wildman–Crippen MR) is 1.80 cm³/mol. The van der Waals surface area contributed by atoms with Crippen LogP contribution in [0.2, 0.25) is 0 Å². The Labute approximate surface area is 67.8 Å². The molecule has 4 heteroatoms. The van der Waals surface area contributed by atoms with Gasteiger partial charge in [0.2, 0.25) is 0 Å². The van der Waals surface area contributed by atoms with E-state index in [-0.39, 0.29) is 47.5 Å². The van der Waals surface area contributed by atoms with Crippen LogP contribution in [-0.2, 0) is 37.5 Å². The Morgan fingerprint density at radius 2 is 1.50 bits per heavy atom. The zero-order chi connectivity index (χ0) is 2.00. The van der Waals surface area contributed by atoms with Crippen LogP contribution in [0.3, 0.4) is 0 Å². The summed E-state index contributed by atoms with van der Waals surface area (Å²) < 4.78 is 8.19. The van der Waals surface area contributed by atoms with E-state index in [1.807, 2.05) is 0 Å². The Morgan fingerprint density at radius 1 is 1.50 bits per heavy atom. The maximum atomic E-state index is 8.19. The first-order valence-corrected chi connectivity index (χ1v) is 0.753. The summed E-state index contributed by atoms with van der Waals surface area (Å²) in [6.45, 7) is 0. The summed E-state index contributed by atoms with van der Waals surface area (Å²) in [7, 11) is 0. The molecular formula is HNaNiOV. The Bertz CT molecular complexity index is 11.6. The summed E-state index contributed by atoms with van der Waals surface area (Å²) in [5.74, 6) is 0. The van der Waals surface area contributed by atoms with Gasteiger partial charge in [-0.2, -0.15) is 0 Å². The van der Waals surface area contributed by atoms with E-state index in [1.165, 1.54) is 0 Å². The molecule has 0 aliphatic carbocycles. The van der Waals surface area contributed by atoms with Crippen molar-refractivity contribution in [2.24, 2.45) is 0 Å². The molecule has 4 heavy (non-hydrogen) atoms. The zero-order valence-electron chi connectivity index (χ0n) is 3.17. The van der Waals surface area contributed by atoms with Crippen LogP contribution < -0.4 is 29.6 Å². The van der Waals surface area contributed by atoms with E-state index in [4.69, 9.17) is 3.67 Å². The number of hydrogen-bond donors (Lipinski definition) is 0. The molecule has 0 spiro atoms. The molecule has 0 N–H and O–H groups in total.